The van der Waals surface area contributed by atoms with Crippen LogP contribution in [0.5, 0.6) is 0 Å². The van der Waals surface area contributed by atoms with Crippen molar-refractivity contribution in [3.8, 4) is 0 Å². The molecule has 1 N–H and O–H groups in total. The number of ether oxygens (including phenoxy) is 1. The molecule has 1 aromatic carbocycles. The summed E-state index contributed by atoms with van der Waals surface area (Å²) in [6.45, 7) is 5.09. The number of esters is 1. The minimum absolute atomic E-state index is 0.327. The van der Waals surface area contributed by atoms with Crippen molar-refractivity contribution in [1.82, 2.24) is 9.55 Å². The van der Waals surface area contributed by atoms with Gasteiger partial charge in [-0.3, -0.25) is 9.36 Å². The smallest absolute Gasteiger partial charge is 0.348 e. The minimum Gasteiger partial charge on any atom is -0.465 e. The van der Waals surface area contributed by atoms with Crippen molar-refractivity contribution in [3.05, 3.63) is 57.8 Å². The van der Waals surface area contributed by atoms with Crippen molar-refractivity contribution in [2.24, 2.45) is 0 Å². The van der Waals surface area contributed by atoms with E-state index in [0.29, 0.717) is 22.6 Å². The lowest BCUT2D eigenvalue weighted by molar-refractivity contribution is -0.118. The molecule has 1 amide bonds. The third kappa shape index (κ3) is 3.68. The summed E-state index contributed by atoms with van der Waals surface area (Å²) < 4.78 is 5.98. The number of hydrogen-bond donors (Lipinski definition) is 1. The molecule has 0 fully saturated rings. The highest BCUT2D eigenvalue weighted by molar-refractivity contribution is 5.96. The number of rotatable bonds is 4. The maximum absolute atomic E-state index is 12.4. The van der Waals surface area contributed by atoms with E-state index in [4.69, 9.17) is 0 Å². The summed E-state index contributed by atoms with van der Waals surface area (Å²) in [6.07, 6.45) is 0. The van der Waals surface area contributed by atoms with Crippen molar-refractivity contribution < 1.29 is 14.3 Å². The first-order valence-corrected chi connectivity index (χ1v) is 7.39. The summed E-state index contributed by atoms with van der Waals surface area (Å²) in [5.74, 6) is -0.873. The Morgan fingerprint density at radius 1 is 1.25 bits per heavy atom. The van der Waals surface area contributed by atoms with E-state index < -0.39 is 17.7 Å². The van der Waals surface area contributed by atoms with Gasteiger partial charge in [-0.25, -0.2) is 9.59 Å². The maximum Gasteiger partial charge on any atom is 0.348 e. The zero-order valence-corrected chi connectivity index (χ0v) is 14.0. The van der Waals surface area contributed by atoms with Crippen LogP contribution in [0.25, 0.3) is 0 Å². The Bertz CT molecular complexity index is 842. The monoisotopic (exact) mass is 329 g/mol. The number of nitrogens with one attached hydrogen (secondary N) is 1. The Hall–Kier alpha value is -2.96. The lowest BCUT2D eigenvalue weighted by Crippen LogP contribution is -2.34. The predicted molar refractivity (Wildman–Crippen MR) is 89.1 cm³/mol. The molecule has 0 aliphatic rings. The molecule has 7 heteroatoms. The Kier molecular flexibility index (Phi) is 5.13. The van der Waals surface area contributed by atoms with Gasteiger partial charge in [-0.1, -0.05) is 6.07 Å². The van der Waals surface area contributed by atoms with Crippen molar-refractivity contribution >= 4 is 17.6 Å². The van der Waals surface area contributed by atoms with Gasteiger partial charge in [0.25, 0.3) is 0 Å². The first-order chi connectivity index (χ1) is 11.3. The molecule has 7 nitrogen and oxygen atoms in total. The van der Waals surface area contributed by atoms with E-state index in [2.05, 4.69) is 15.0 Å². The number of carbonyl (C=O) groups excluding carboxylic acids is 2. The maximum atomic E-state index is 12.4. The molecule has 0 saturated heterocycles. The lowest BCUT2D eigenvalue weighted by atomic mass is 10.2. The Morgan fingerprint density at radius 2 is 1.96 bits per heavy atom. The number of aromatic nitrogens is 2. The number of aryl methyl sites for hydroxylation is 2. The molecule has 1 aromatic heterocycles. The van der Waals surface area contributed by atoms with Crippen LogP contribution in [0, 0.1) is 13.8 Å². The first-order valence-electron chi connectivity index (χ1n) is 7.39. The second-order valence-electron chi connectivity index (χ2n) is 5.43. The van der Waals surface area contributed by atoms with Crippen LogP contribution in [-0.4, -0.2) is 28.5 Å². The van der Waals surface area contributed by atoms with Gasteiger partial charge in [0, 0.05) is 17.1 Å². The van der Waals surface area contributed by atoms with Crippen LogP contribution in [0.15, 0.2) is 35.1 Å². The fourth-order valence-electron chi connectivity index (χ4n) is 2.44. The molecule has 0 radical (unpaired) electrons. The van der Waals surface area contributed by atoms with Gasteiger partial charge in [-0.15, -0.1) is 0 Å². The normalized spacial score (nSPS) is 11.7. The van der Waals surface area contributed by atoms with Crippen molar-refractivity contribution in [2.75, 3.05) is 12.4 Å². The van der Waals surface area contributed by atoms with Gasteiger partial charge in [0.1, 0.15) is 6.04 Å². The van der Waals surface area contributed by atoms with Crippen LogP contribution in [0.3, 0.4) is 0 Å². The minimum atomic E-state index is -0.743. The number of benzene rings is 1. The zero-order valence-electron chi connectivity index (χ0n) is 14.0. The number of anilines is 1. The standard InChI is InChI=1S/C17H19N3O4/c1-10-8-11(2)20(17(23)18-10)12(3)15(21)19-14-7-5-6-13(9-14)16(22)24-4/h5-9,12H,1-4H3,(H,19,21)/t12-/m1/s1. The Morgan fingerprint density at radius 3 is 2.58 bits per heavy atom. The molecule has 1 atom stereocenters. The van der Waals surface area contributed by atoms with E-state index in [1.165, 1.54) is 17.7 Å². The third-order valence-electron chi connectivity index (χ3n) is 3.59. The van der Waals surface area contributed by atoms with E-state index >= 15 is 0 Å². The zero-order chi connectivity index (χ0) is 17.9. The van der Waals surface area contributed by atoms with Gasteiger partial charge in [-0.2, -0.15) is 4.98 Å². The molecule has 0 bridgehead atoms. The molecule has 1 heterocycles. The van der Waals surface area contributed by atoms with Crippen LogP contribution < -0.4 is 11.0 Å². The summed E-state index contributed by atoms with van der Waals surface area (Å²) in [4.78, 5) is 39.9. The fourth-order valence-corrected chi connectivity index (χ4v) is 2.44. The SMILES string of the molecule is COC(=O)c1cccc(NC(=O)[C@@H](C)n2c(C)cc(C)nc2=O)c1. The predicted octanol–water partition coefficient (Wildman–Crippen LogP) is 1.85. The molecule has 0 aliphatic carbocycles. The number of amides is 1. The van der Waals surface area contributed by atoms with Gasteiger partial charge in [0.05, 0.1) is 12.7 Å². The van der Waals surface area contributed by atoms with Gasteiger partial charge in [0.2, 0.25) is 5.91 Å². The summed E-state index contributed by atoms with van der Waals surface area (Å²) in [7, 11) is 1.29. The molecule has 0 spiro atoms. The van der Waals surface area contributed by atoms with Crippen LogP contribution >= 0.6 is 0 Å². The van der Waals surface area contributed by atoms with Crippen molar-refractivity contribution in [2.45, 2.75) is 26.8 Å². The second kappa shape index (κ2) is 7.08. The highest BCUT2D eigenvalue weighted by atomic mass is 16.5. The summed E-state index contributed by atoms with van der Waals surface area (Å²) >= 11 is 0. The molecule has 24 heavy (non-hydrogen) atoms. The van der Waals surface area contributed by atoms with E-state index in [1.54, 1.807) is 45.0 Å². The fraction of sp³-hybridized carbons (Fsp3) is 0.294. The molecular formula is C17H19N3O4. The van der Waals surface area contributed by atoms with Crippen LogP contribution in [-0.2, 0) is 9.53 Å². The molecule has 2 rings (SSSR count). The van der Waals surface area contributed by atoms with Crippen LogP contribution in [0.4, 0.5) is 5.69 Å². The van der Waals surface area contributed by atoms with Crippen LogP contribution in [0.2, 0.25) is 0 Å². The second-order valence-corrected chi connectivity index (χ2v) is 5.43. The van der Waals surface area contributed by atoms with Crippen molar-refractivity contribution in [1.29, 1.82) is 0 Å². The summed E-state index contributed by atoms with van der Waals surface area (Å²) in [5, 5.41) is 2.69. The number of hydrogen-bond acceptors (Lipinski definition) is 5. The van der Waals surface area contributed by atoms with E-state index in [1.807, 2.05) is 0 Å². The van der Waals surface area contributed by atoms with Gasteiger partial charge >= 0.3 is 11.7 Å². The molecule has 2 aromatic rings. The van der Waals surface area contributed by atoms with E-state index in [-0.39, 0.29) is 5.91 Å². The number of nitrogens with zero attached hydrogens (tertiary/aromatic N) is 2. The van der Waals surface area contributed by atoms with Crippen molar-refractivity contribution in [3.63, 3.8) is 0 Å². The number of methoxy groups -OCH3 is 1. The third-order valence-corrected chi connectivity index (χ3v) is 3.59. The topological polar surface area (TPSA) is 90.3 Å². The summed E-state index contributed by atoms with van der Waals surface area (Å²) in [5.41, 5.74) is 1.55. The molecule has 0 unspecified atom stereocenters. The highest BCUT2D eigenvalue weighted by Crippen LogP contribution is 2.15. The molecule has 0 saturated carbocycles. The van der Waals surface area contributed by atoms with E-state index in [0.717, 1.165) is 0 Å². The van der Waals surface area contributed by atoms with Gasteiger partial charge in [0.15, 0.2) is 0 Å². The van der Waals surface area contributed by atoms with Gasteiger partial charge < -0.3 is 10.1 Å². The Balaban J connectivity index is 2.24. The Labute approximate surface area is 139 Å². The molecular weight excluding hydrogens is 310 g/mol. The highest BCUT2D eigenvalue weighted by Gasteiger charge is 2.19. The average Bonchev–Trinajstić information content (AvgIpc) is 2.53. The van der Waals surface area contributed by atoms with E-state index in [9.17, 15) is 14.4 Å². The lowest BCUT2D eigenvalue weighted by Gasteiger charge is -2.17. The molecule has 126 valence electrons. The van der Waals surface area contributed by atoms with Gasteiger partial charge in [-0.05, 0) is 45.0 Å². The average molecular weight is 329 g/mol. The summed E-state index contributed by atoms with van der Waals surface area (Å²) in [6, 6.07) is 7.39. The number of carbonyl (C=O) groups is 2. The van der Waals surface area contributed by atoms with Crippen LogP contribution in [0.1, 0.15) is 34.7 Å². The molecule has 0 aliphatic heterocycles. The quantitative estimate of drug-likeness (QED) is 0.865. The largest absolute Gasteiger partial charge is 0.465 e. The first kappa shape index (κ1) is 17.4.